The molecule has 0 spiro atoms. The smallest absolute Gasteiger partial charge is 0.339 e. The average molecular weight is 186 g/mol. The van der Waals surface area contributed by atoms with Gasteiger partial charge in [-0.3, -0.25) is 0 Å². The van der Waals surface area contributed by atoms with E-state index in [0.29, 0.717) is 0 Å². The van der Waals surface area contributed by atoms with Crippen LogP contribution >= 0.6 is 0 Å². The van der Waals surface area contributed by atoms with E-state index in [1.54, 1.807) is 0 Å². The Kier molecular flexibility index (Phi) is 2.48. The van der Waals surface area contributed by atoms with Gasteiger partial charge in [0.15, 0.2) is 11.6 Å². The summed E-state index contributed by atoms with van der Waals surface area (Å²) in [5.74, 6) is -3.46. The third-order valence-corrected chi connectivity index (χ3v) is 1.60. The summed E-state index contributed by atoms with van der Waals surface area (Å²) in [5.41, 5.74) is -0.655. The first-order valence-corrected chi connectivity index (χ1v) is 3.42. The Hall–Kier alpha value is -1.62. The zero-order chi connectivity index (χ0) is 10.0. The van der Waals surface area contributed by atoms with E-state index in [9.17, 15) is 9.18 Å². The van der Waals surface area contributed by atoms with Crippen LogP contribution in [0.4, 0.5) is 4.39 Å². The molecule has 0 saturated carbocycles. The molecule has 0 atom stereocenters. The molecule has 0 aromatic heterocycles. The van der Waals surface area contributed by atoms with Crippen molar-refractivity contribution in [3.63, 3.8) is 0 Å². The molecule has 0 unspecified atom stereocenters. The number of phenols is 1. The predicted octanol–water partition coefficient (Wildman–Crippen LogP) is 0.722. The number of aromatic carboxylic acids is 1. The number of hydrogen-bond acceptors (Lipinski definition) is 3. The van der Waals surface area contributed by atoms with Crippen molar-refractivity contribution in [1.82, 2.24) is 0 Å². The summed E-state index contributed by atoms with van der Waals surface area (Å²) in [4.78, 5) is 10.4. The van der Waals surface area contributed by atoms with Crippen molar-refractivity contribution in [2.75, 3.05) is 0 Å². The van der Waals surface area contributed by atoms with Crippen LogP contribution in [0.2, 0.25) is 0 Å². The van der Waals surface area contributed by atoms with E-state index in [0.717, 1.165) is 12.1 Å². The lowest BCUT2D eigenvalue weighted by Crippen LogP contribution is -2.00. The van der Waals surface area contributed by atoms with E-state index in [1.165, 1.54) is 0 Å². The number of halogens is 1. The van der Waals surface area contributed by atoms with E-state index >= 15 is 0 Å². The highest BCUT2D eigenvalue weighted by atomic mass is 19.1. The normalized spacial score (nSPS) is 10.0. The molecule has 5 heteroatoms. The van der Waals surface area contributed by atoms with Gasteiger partial charge in [0, 0.05) is 5.56 Å². The van der Waals surface area contributed by atoms with Gasteiger partial charge in [-0.1, -0.05) is 6.07 Å². The molecule has 1 aromatic rings. The molecule has 13 heavy (non-hydrogen) atoms. The highest BCUT2D eigenvalue weighted by Crippen LogP contribution is 2.24. The lowest BCUT2D eigenvalue weighted by molar-refractivity contribution is 0.0692. The predicted molar refractivity (Wildman–Crippen MR) is 40.9 cm³/mol. The van der Waals surface area contributed by atoms with Crippen molar-refractivity contribution < 1.29 is 24.5 Å². The Morgan fingerprint density at radius 3 is 2.54 bits per heavy atom. The van der Waals surface area contributed by atoms with Crippen LogP contribution in [0.5, 0.6) is 5.75 Å². The van der Waals surface area contributed by atoms with Crippen LogP contribution in [-0.4, -0.2) is 21.3 Å². The van der Waals surface area contributed by atoms with Crippen LogP contribution in [0.3, 0.4) is 0 Å². The minimum absolute atomic E-state index is 0.137. The average Bonchev–Trinajstić information content (AvgIpc) is 2.09. The fourth-order valence-corrected chi connectivity index (χ4v) is 0.901. The Labute approximate surface area is 72.9 Å². The Balaban J connectivity index is 3.31. The largest absolute Gasteiger partial charge is 0.504 e. The van der Waals surface area contributed by atoms with Crippen LogP contribution < -0.4 is 0 Å². The molecule has 4 nitrogen and oxygen atoms in total. The van der Waals surface area contributed by atoms with Gasteiger partial charge in [-0.25, -0.2) is 9.18 Å². The number of hydrogen-bond donors (Lipinski definition) is 3. The van der Waals surface area contributed by atoms with E-state index < -0.39 is 29.7 Å². The van der Waals surface area contributed by atoms with Crippen LogP contribution in [0.25, 0.3) is 0 Å². The lowest BCUT2D eigenvalue weighted by atomic mass is 10.1. The molecule has 0 amide bonds. The van der Waals surface area contributed by atoms with Gasteiger partial charge in [-0.2, -0.15) is 0 Å². The Bertz CT molecular complexity index is 348. The number of carbonyl (C=O) groups is 1. The van der Waals surface area contributed by atoms with Crippen molar-refractivity contribution in [3.05, 3.63) is 29.1 Å². The number of rotatable bonds is 2. The van der Waals surface area contributed by atoms with Crippen LogP contribution in [0.1, 0.15) is 15.9 Å². The maximum absolute atomic E-state index is 12.9. The molecular formula is C8H7FO4. The maximum Gasteiger partial charge on any atom is 0.339 e. The van der Waals surface area contributed by atoms with Gasteiger partial charge in [0.25, 0.3) is 0 Å². The summed E-state index contributed by atoms with van der Waals surface area (Å²) in [6.45, 7) is -0.584. The molecule has 0 saturated heterocycles. The van der Waals surface area contributed by atoms with E-state index in [-0.39, 0.29) is 5.56 Å². The fraction of sp³-hybridized carbons (Fsp3) is 0.125. The maximum atomic E-state index is 12.9. The van der Waals surface area contributed by atoms with Crippen LogP contribution in [-0.2, 0) is 6.61 Å². The van der Waals surface area contributed by atoms with E-state index in [2.05, 4.69) is 0 Å². The summed E-state index contributed by atoms with van der Waals surface area (Å²) in [7, 11) is 0. The van der Waals surface area contributed by atoms with Gasteiger partial charge in [0.1, 0.15) is 5.56 Å². The highest BCUT2D eigenvalue weighted by Gasteiger charge is 2.16. The number of carboxylic acids is 1. The molecule has 0 radical (unpaired) electrons. The number of aliphatic hydroxyl groups excluding tert-OH is 1. The topological polar surface area (TPSA) is 77.8 Å². The Morgan fingerprint density at radius 2 is 2.08 bits per heavy atom. The quantitative estimate of drug-likeness (QED) is 0.636. The first kappa shape index (κ1) is 9.47. The molecule has 0 bridgehead atoms. The minimum atomic E-state index is -1.42. The highest BCUT2D eigenvalue weighted by molar-refractivity contribution is 5.90. The molecular weight excluding hydrogens is 179 g/mol. The molecule has 1 rings (SSSR count). The summed E-state index contributed by atoms with van der Waals surface area (Å²) in [6, 6.07) is 2.14. The summed E-state index contributed by atoms with van der Waals surface area (Å²) in [5, 5.41) is 26.1. The van der Waals surface area contributed by atoms with Crippen LogP contribution in [0.15, 0.2) is 12.1 Å². The van der Waals surface area contributed by atoms with Gasteiger partial charge >= 0.3 is 5.97 Å². The summed E-state index contributed by atoms with van der Waals surface area (Å²) < 4.78 is 12.9. The number of benzene rings is 1. The first-order valence-electron chi connectivity index (χ1n) is 3.42. The van der Waals surface area contributed by atoms with Crippen molar-refractivity contribution >= 4 is 5.97 Å². The number of aromatic hydroxyl groups is 1. The van der Waals surface area contributed by atoms with Gasteiger partial charge in [0.05, 0.1) is 6.61 Å². The van der Waals surface area contributed by atoms with Crippen molar-refractivity contribution in [2.24, 2.45) is 0 Å². The van der Waals surface area contributed by atoms with E-state index in [1.807, 2.05) is 0 Å². The van der Waals surface area contributed by atoms with E-state index in [4.69, 9.17) is 15.3 Å². The standard InChI is InChI=1S/C8H7FO4/c9-6-4(3-10)1-2-5(7(6)11)8(12)13/h1-2,10-11H,3H2,(H,12,13). The lowest BCUT2D eigenvalue weighted by Gasteiger charge is -2.03. The van der Waals surface area contributed by atoms with Crippen LogP contribution in [0, 0.1) is 5.82 Å². The Morgan fingerprint density at radius 1 is 1.46 bits per heavy atom. The third-order valence-electron chi connectivity index (χ3n) is 1.60. The molecule has 70 valence electrons. The first-order chi connectivity index (χ1) is 6.07. The molecule has 0 aliphatic carbocycles. The monoisotopic (exact) mass is 186 g/mol. The molecule has 1 aromatic carbocycles. The fourth-order valence-electron chi connectivity index (χ4n) is 0.901. The molecule has 0 fully saturated rings. The van der Waals surface area contributed by atoms with Gasteiger partial charge in [-0.15, -0.1) is 0 Å². The minimum Gasteiger partial charge on any atom is -0.504 e. The summed E-state index contributed by atoms with van der Waals surface area (Å²) >= 11 is 0. The second-order valence-electron chi connectivity index (χ2n) is 2.40. The number of aliphatic hydroxyl groups is 1. The van der Waals surface area contributed by atoms with Crippen molar-refractivity contribution in [2.45, 2.75) is 6.61 Å². The third kappa shape index (κ3) is 1.59. The molecule has 0 heterocycles. The molecule has 0 aliphatic heterocycles. The second kappa shape index (κ2) is 3.40. The van der Waals surface area contributed by atoms with Crippen molar-refractivity contribution in [3.8, 4) is 5.75 Å². The second-order valence-corrected chi connectivity index (χ2v) is 2.40. The SMILES string of the molecule is O=C(O)c1ccc(CO)c(F)c1O. The van der Waals surface area contributed by atoms with Gasteiger partial charge < -0.3 is 15.3 Å². The van der Waals surface area contributed by atoms with Gasteiger partial charge in [-0.05, 0) is 6.07 Å². The van der Waals surface area contributed by atoms with Crippen molar-refractivity contribution in [1.29, 1.82) is 0 Å². The molecule has 0 aliphatic rings. The summed E-state index contributed by atoms with van der Waals surface area (Å²) in [6.07, 6.45) is 0. The molecule has 3 N–H and O–H groups in total. The number of carboxylic acid groups (broad SMARTS) is 1. The zero-order valence-corrected chi connectivity index (χ0v) is 6.49. The zero-order valence-electron chi connectivity index (χ0n) is 6.49. The van der Waals surface area contributed by atoms with Gasteiger partial charge in [0.2, 0.25) is 0 Å².